The molecule has 0 aliphatic rings. The van der Waals surface area contributed by atoms with Crippen molar-refractivity contribution in [2.45, 2.75) is 47.6 Å². The third kappa shape index (κ3) is 7.97. The van der Waals surface area contributed by atoms with Gasteiger partial charge >= 0.3 is 0 Å². The Bertz CT molecular complexity index is 260. The van der Waals surface area contributed by atoms with E-state index in [0.29, 0.717) is 0 Å². The van der Waals surface area contributed by atoms with Gasteiger partial charge in [0.25, 0.3) is 0 Å². The van der Waals surface area contributed by atoms with Crippen molar-refractivity contribution in [1.29, 1.82) is 0 Å². The molecule has 1 aromatic rings. The Kier molecular flexibility index (Phi) is 12.4. The third-order valence-corrected chi connectivity index (χ3v) is 1.55. The molecule has 0 bridgehead atoms. The zero-order chi connectivity index (χ0) is 13.0. The lowest BCUT2D eigenvalue weighted by molar-refractivity contribution is -0.119. The average molecular weight is 224 g/mol. The van der Waals surface area contributed by atoms with E-state index in [1.54, 1.807) is 6.20 Å². The number of hydrogen-bond acceptors (Lipinski definition) is 2. The number of nitrogens with one attached hydrogen (secondary N) is 1. The van der Waals surface area contributed by atoms with E-state index >= 15 is 0 Å². The lowest BCUT2D eigenvalue weighted by atomic mass is 10.2. The van der Waals surface area contributed by atoms with Crippen molar-refractivity contribution in [1.82, 2.24) is 10.3 Å². The van der Waals surface area contributed by atoms with Crippen LogP contribution in [0.15, 0.2) is 24.4 Å². The summed E-state index contributed by atoms with van der Waals surface area (Å²) < 4.78 is 0. The first-order valence-electron chi connectivity index (χ1n) is 5.88. The molecule has 0 spiro atoms. The molecule has 92 valence electrons. The Morgan fingerprint density at radius 3 is 2.19 bits per heavy atom. The largest absolute Gasteiger partial charge is 0.348 e. The van der Waals surface area contributed by atoms with Gasteiger partial charge in [0, 0.05) is 13.1 Å². The molecular weight excluding hydrogens is 200 g/mol. The Balaban J connectivity index is 0. The molecule has 0 radical (unpaired) electrons. The Labute approximate surface area is 99.3 Å². The minimum atomic E-state index is -0.0341. The number of aromatic nitrogens is 1. The molecule has 1 rings (SSSR count). The second kappa shape index (κ2) is 11.7. The molecule has 0 aromatic carbocycles. The second-order valence-corrected chi connectivity index (χ2v) is 2.68. The van der Waals surface area contributed by atoms with E-state index in [9.17, 15) is 4.79 Å². The van der Waals surface area contributed by atoms with Crippen LogP contribution in [0.2, 0.25) is 0 Å². The summed E-state index contributed by atoms with van der Waals surface area (Å²) in [4.78, 5) is 14.8. The van der Waals surface area contributed by atoms with Crippen LogP contribution in [0.3, 0.4) is 0 Å². The summed E-state index contributed by atoms with van der Waals surface area (Å²) >= 11 is 0. The molecule has 0 aliphatic heterocycles. The molecule has 3 nitrogen and oxygen atoms in total. The van der Waals surface area contributed by atoms with Gasteiger partial charge in [-0.2, -0.15) is 0 Å². The highest BCUT2D eigenvalue weighted by atomic mass is 16.1. The fraction of sp³-hybridized carbons (Fsp3) is 0.538. The molecule has 1 atom stereocenters. The first-order chi connectivity index (χ1) is 7.70. The number of hydrogen-bond donors (Lipinski definition) is 1. The quantitative estimate of drug-likeness (QED) is 0.837. The first kappa shape index (κ1) is 17.0. The lowest BCUT2D eigenvalue weighted by Gasteiger charge is -2.10. The van der Waals surface area contributed by atoms with E-state index < -0.39 is 0 Å². The van der Waals surface area contributed by atoms with Crippen molar-refractivity contribution in [2.75, 3.05) is 0 Å². The van der Waals surface area contributed by atoms with E-state index in [-0.39, 0.29) is 11.9 Å². The number of amides is 1. The molecule has 1 aromatic heterocycles. The van der Waals surface area contributed by atoms with Crippen LogP contribution in [0.4, 0.5) is 0 Å². The number of rotatable bonds is 2. The van der Waals surface area contributed by atoms with Crippen LogP contribution < -0.4 is 5.32 Å². The van der Waals surface area contributed by atoms with E-state index in [4.69, 9.17) is 0 Å². The van der Waals surface area contributed by atoms with Gasteiger partial charge in [-0.3, -0.25) is 9.78 Å². The van der Waals surface area contributed by atoms with Gasteiger partial charge in [-0.15, -0.1) is 0 Å². The van der Waals surface area contributed by atoms with Crippen LogP contribution >= 0.6 is 0 Å². The SMILES string of the molecule is CC.CC.CC(=O)NC(C)c1ccccn1. The van der Waals surface area contributed by atoms with Gasteiger partial charge < -0.3 is 5.32 Å². The number of carbonyl (C=O) groups excluding carboxylic acids is 1. The van der Waals surface area contributed by atoms with Crippen molar-refractivity contribution in [3.05, 3.63) is 30.1 Å². The maximum atomic E-state index is 10.7. The van der Waals surface area contributed by atoms with Crippen molar-refractivity contribution in [3.63, 3.8) is 0 Å². The smallest absolute Gasteiger partial charge is 0.217 e. The molecule has 0 fully saturated rings. The fourth-order valence-corrected chi connectivity index (χ4v) is 1.01. The summed E-state index contributed by atoms with van der Waals surface area (Å²) in [5, 5.41) is 2.76. The molecule has 3 heteroatoms. The monoisotopic (exact) mass is 224 g/mol. The molecule has 0 aliphatic carbocycles. The molecule has 16 heavy (non-hydrogen) atoms. The van der Waals surface area contributed by atoms with Gasteiger partial charge in [-0.1, -0.05) is 33.8 Å². The highest BCUT2D eigenvalue weighted by molar-refractivity contribution is 5.73. The Morgan fingerprint density at radius 1 is 1.25 bits per heavy atom. The summed E-state index contributed by atoms with van der Waals surface area (Å²) in [6.07, 6.45) is 1.72. The molecule has 1 N–H and O–H groups in total. The van der Waals surface area contributed by atoms with Crippen LogP contribution in [0.25, 0.3) is 0 Å². The van der Waals surface area contributed by atoms with Gasteiger partial charge in [-0.05, 0) is 19.1 Å². The van der Waals surface area contributed by atoms with Gasteiger partial charge in [-0.25, -0.2) is 0 Å². The fourth-order valence-electron chi connectivity index (χ4n) is 1.01. The lowest BCUT2D eigenvalue weighted by Crippen LogP contribution is -2.24. The van der Waals surface area contributed by atoms with Crippen molar-refractivity contribution in [2.24, 2.45) is 0 Å². The zero-order valence-electron chi connectivity index (χ0n) is 11.2. The van der Waals surface area contributed by atoms with Crippen LogP contribution in [-0.2, 0) is 4.79 Å². The van der Waals surface area contributed by atoms with E-state index in [2.05, 4.69) is 10.3 Å². The summed E-state index contributed by atoms with van der Waals surface area (Å²) in [6.45, 7) is 11.4. The molecule has 0 saturated heterocycles. The Morgan fingerprint density at radius 2 is 1.81 bits per heavy atom. The minimum absolute atomic E-state index is 0.0105. The highest BCUT2D eigenvalue weighted by Crippen LogP contribution is 2.06. The summed E-state index contributed by atoms with van der Waals surface area (Å²) in [5.41, 5.74) is 0.882. The molecule has 1 amide bonds. The molecule has 1 unspecified atom stereocenters. The van der Waals surface area contributed by atoms with Crippen LogP contribution in [0.5, 0.6) is 0 Å². The number of nitrogens with zero attached hydrogens (tertiary/aromatic N) is 1. The van der Waals surface area contributed by atoms with E-state index in [1.165, 1.54) is 6.92 Å². The summed E-state index contributed by atoms with van der Waals surface area (Å²) in [6, 6.07) is 5.63. The Hall–Kier alpha value is -1.38. The molecule has 0 saturated carbocycles. The highest BCUT2D eigenvalue weighted by Gasteiger charge is 2.05. The summed E-state index contributed by atoms with van der Waals surface area (Å²) in [7, 11) is 0. The topological polar surface area (TPSA) is 42.0 Å². The van der Waals surface area contributed by atoms with Crippen LogP contribution in [-0.4, -0.2) is 10.9 Å². The third-order valence-electron chi connectivity index (χ3n) is 1.55. The maximum absolute atomic E-state index is 10.7. The van der Waals surface area contributed by atoms with Crippen LogP contribution in [0, 0.1) is 0 Å². The minimum Gasteiger partial charge on any atom is -0.348 e. The van der Waals surface area contributed by atoms with E-state index in [0.717, 1.165) is 5.69 Å². The van der Waals surface area contributed by atoms with Crippen molar-refractivity contribution < 1.29 is 4.79 Å². The van der Waals surface area contributed by atoms with E-state index in [1.807, 2.05) is 52.8 Å². The van der Waals surface area contributed by atoms with Gasteiger partial charge in [0.05, 0.1) is 11.7 Å². The zero-order valence-corrected chi connectivity index (χ0v) is 11.2. The second-order valence-electron chi connectivity index (χ2n) is 2.68. The normalized spacial score (nSPS) is 9.88. The standard InChI is InChI=1S/C9H12N2O.2C2H6/c1-7(11-8(2)12)9-5-3-4-6-10-9;2*1-2/h3-7H,1-2H3,(H,11,12);2*1-2H3. The van der Waals surface area contributed by atoms with Gasteiger partial charge in [0.15, 0.2) is 0 Å². The van der Waals surface area contributed by atoms with Gasteiger partial charge in [0.1, 0.15) is 0 Å². The average Bonchev–Trinajstić information content (AvgIpc) is 2.34. The number of pyridine rings is 1. The van der Waals surface area contributed by atoms with Crippen molar-refractivity contribution >= 4 is 5.91 Å². The number of carbonyl (C=O) groups is 1. The predicted octanol–water partition coefficient (Wildman–Crippen LogP) is 3.33. The summed E-state index contributed by atoms with van der Waals surface area (Å²) in [5.74, 6) is -0.0341. The van der Waals surface area contributed by atoms with Crippen molar-refractivity contribution in [3.8, 4) is 0 Å². The van der Waals surface area contributed by atoms with Gasteiger partial charge in [0.2, 0.25) is 5.91 Å². The van der Waals surface area contributed by atoms with Crippen LogP contribution in [0.1, 0.15) is 53.3 Å². The molecule has 1 heterocycles. The predicted molar refractivity (Wildman–Crippen MR) is 69.2 cm³/mol. The first-order valence-corrected chi connectivity index (χ1v) is 5.88. The maximum Gasteiger partial charge on any atom is 0.217 e. The molecular formula is C13H24N2O.